The highest BCUT2D eigenvalue weighted by molar-refractivity contribution is 8.15. The Morgan fingerprint density at radius 3 is 1.39 bits per heavy atom. The first-order chi connectivity index (χ1) is 22.2. The number of hydrogen-bond acceptors (Lipinski definition) is 4. The molecule has 0 spiro atoms. The van der Waals surface area contributed by atoms with Crippen LogP contribution in [-0.4, -0.2) is 32.7 Å². The molecule has 0 aromatic heterocycles. The fourth-order valence-electron chi connectivity index (χ4n) is 6.69. The van der Waals surface area contributed by atoms with Crippen molar-refractivity contribution in [1.29, 1.82) is 0 Å². The number of benzene rings is 6. The molecule has 46 heavy (non-hydrogen) atoms. The third kappa shape index (κ3) is 5.38. The standard InChI is InChI=1S/C42H36N2S2/c1-41(2)25-45-39(43-41)31-16-10-14-29(22-31)37-33-18-8-9-19-34(33)38(30-15-11-17-32(23-30)40-44-42(3,4)26-46-40)36-24-28(20-21-35(36)37)27-12-6-5-7-13-27/h5-24H,25-26H2,1-4H3. The Kier molecular flexibility index (Phi) is 7.19. The van der Waals surface area contributed by atoms with Crippen molar-refractivity contribution in [3.63, 3.8) is 0 Å². The summed E-state index contributed by atoms with van der Waals surface area (Å²) in [6, 6.07) is 44.7. The number of rotatable bonds is 5. The number of aliphatic imine (C=N–C) groups is 2. The van der Waals surface area contributed by atoms with Crippen LogP contribution in [0, 0.1) is 0 Å². The minimum Gasteiger partial charge on any atom is -0.271 e. The zero-order chi connectivity index (χ0) is 31.5. The van der Waals surface area contributed by atoms with Crippen molar-refractivity contribution in [1.82, 2.24) is 0 Å². The fourth-order valence-corrected chi connectivity index (χ4v) is 9.01. The summed E-state index contributed by atoms with van der Waals surface area (Å²) < 4.78 is 0. The van der Waals surface area contributed by atoms with Crippen LogP contribution in [-0.2, 0) is 0 Å². The van der Waals surface area contributed by atoms with Crippen molar-refractivity contribution in [2.24, 2.45) is 9.98 Å². The molecule has 2 aliphatic rings. The molecule has 0 N–H and O–H groups in total. The van der Waals surface area contributed by atoms with Crippen LogP contribution < -0.4 is 0 Å². The molecule has 0 radical (unpaired) electrons. The fraction of sp³-hybridized carbons (Fsp3) is 0.190. The molecule has 6 aromatic rings. The van der Waals surface area contributed by atoms with Gasteiger partial charge in [0.05, 0.1) is 21.2 Å². The van der Waals surface area contributed by atoms with Crippen molar-refractivity contribution in [2.45, 2.75) is 38.8 Å². The summed E-state index contributed by atoms with van der Waals surface area (Å²) in [4.78, 5) is 10.1. The maximum Gasteiger partial charge on any atom is 0.0984 e. The van der Waals surface area contributed by atoms with Gasteiger partial charge < -0.3 is 0 Å². The van der Waals surface area contributed by atoms with E-state index < -0.39 is 0 Å². The summed E-state index contributed by atoms with van der Waals surface area (Å²) in [5.41, 5.74) is 9.74. The van der Waals surface area contributed by atoms with E-state index in [0.717, 1.165) is 21.6 Å². The molecule has 6 aromatic carbocycles. The SMILES string of the molecule is CC1(C)CSC(c2cccc(-c3c4ccccc4c(-c4cccc(C5=NC(C)(C)CS5)c4)c4cc(-c5ccccc5)ccc34)c2)=N1. The van der Waals surface area contributed by atoms with E-state index in [0.29, 0.717) is 0 Å². The second-order valence-corrected chi connectivity index (χ2v) is 15.5. The lowest BCUT2D eigenvalue weighted by Gasteiger charge is -2.19. The Hall–Kier alpha value is -4.12. The summed E-state index contributed by atoms with van der Waals surface area (Å²) in [5, 5.41) is 7.30. The van der Waals surface area contributed by atoms with E-state index in [1.807, 2.05) is 23.5 Å². The molecule has 8 rings (SSSR count). The van der Waals surface area contributed by atoms with Crippen LogP contribution in [0.1, 0.15) is 38.8 Å². The number of fused-ring (bicyclic) bond motifs is 2. The summed E-state index contributed by atoms with van der Waals surface area (Å²) in [6.45, 7) is 8.87. The second-order valence-electron chi connectivity index (χ2n) is 13.6. The molecule has 0 saturated heterocycles. The monoisotopic (exact) mass is 632 g/mol. The van der Waals surface area contributed by atoms with Gasteiger partial charge in [-0.15, -0.1) is 23.5 Å². The third-order valence-electron chi connectivity index (χ3n) is 8.86. The van der Waals surface area contributed by atoms with E-state index in [-0.39, 0.29) is 11.1 Å². The zero-order valence-electron chi connectivity index (χ0n) is 26.7. The van der Waals surface area contributed by atoms with Gasteiger partial charge in [-0.3, -0.25) is 9.98 Å². The Morgan fingerprint density at radius 2 is 0.870 bits per heavy atom. The summed E-state index contributed by atoms with van der Waals surface area (Å²) in [5.74, 6) is 2.02. The first-order valence-corrected chi connectivity index (χ1v) is 17.9. The maximum atomic E-state index is 5.08. The minimum absolute atomic E-state index is 0.0300. The Labute approximate surface area is 280 Å². The lowest BCUT2D eigenvalue weighted by molar-refractivity contribution is 0.605. The van der Waals surface area contributed by atoms with Gasteiger partial charge >= 0.3 is 0 Å². The van der Waals surface area contributed by atoms with Crippen molar-refractivity contribution in [2.75, 3.05) is 11.5 Å². The third-order valence-corrected chi connectivity index (χ3v) is 11.8. The van der Waals surface area contributed by atoms with Crippen LogP contribution in [0.25, 0.3) is 54.9 Å². The van der Waals surface area contributed by atoms with E-state index >= 15 is 0 Å². The molecule has 4 heteroatoms. The Bertz CT molecular complexity index is 2210. The largest absolute Gasteiger partial charge is 0.271 e. The Balaban J connectivity index is 1.41. The van der Waals surface area contributed by atoms with Crippen molar-refractivity contribution < 1.29 is 0 Å². The molecule has 0 bridgehead atoms. The quantitative estimate of drug-likeness (QED) is 0.177. The average molecular weight is 633 g/mol. The van der Waals surface area contributed by atoms with Gasteiger partial charge in [-0.05, 0) is 101 Å². The normalized spacial score (nSPS) is 17.0. The van der Waals surface area contributed by atoms with Gasteiger partial charge in [0.2, 0.25) is 0 Å². The molecule has 0 saturated carbocycles. The highest BCUT2D eigenvalue weighted by Crippen LogP contribution is 2.46. The minimum atomic E-state index is -0.0332. The van der Waals surface area contributed by atoms with E-state index in [1.165, 1.54) is 66.1 Å². The van der Waals surface area contributed by atoms with Gasteiger partial charge in [-0.25, -0.2) is 0 Å². The average Bonchev–Trinajstić information content (AvgIpc) is 3.64. The molecule has 0 aliphatic carbocycles. The van der Waals surface area contributed by atoms with Gasteiger partial charge in [0.1, 0.15) is 0 Å². The molecule has 0 unspecified atom stereocenters. The predicted octanol–water partition coefficient (Wildman–Crippen LogP) is 11.5. The molecule has 2 nitrogen and oxygen atoms in total. The van der Waals surface area contributed by atoms with Gasteiger partial charge in [0.25, 0.3) is 0 Å². The van der Waals surface area contributed by atoms with E-state index in [1.54, 1.807) is 0 Å². The molecule has 0 fully saturated rings. The first-order valence-electron chi connectivity index (χ1n) is 16.0. The lowest BCUT2D eigenvalue weighted by atomic mass is 9.84. The van der Waals surface area contributed by atoms with Crippen LogP contribution in [0.15, 0.2) is 131 Å². The van der Waals surface area contributed by atoms with E-state index in [2.05, 4.69) is 149 Å². The number of hydrogen-bond donors (Lipinski definition) is 0. The highest BCUT2D eigenvalue weighted by Gasteiger charge is 2.28. The molecule has 0 atom stereocenters. The van der Waals surface area contributed by atoms with Crippen LogP contribution in [0.2, 0.25) is 0 Å². The number of thioether (sulfide) groups is 2. The van der Waals surface area contributed by atoms with Crippen molar-refractivity contribution >= 4 is 55.2 Å². The van der Waals surface area contributed by atoms with Crippen molar-refractivity contribution in [3.8, 4) is 33.4 Å². The molecule has 2 heterocycles. The molecular weight excluding hydrogens is 597 g/mol. The van der Waals surface area contributed by atoms with Gasteiger partial charge in [0, 0.05) is 22.6 Å². The van der Waals surface area contributed by atoms with Gasteiger partial charge in [0.15, 0.2) is 0 Å². The summed E-state index contributed by atoms with van der Waals surface area (Å²) in [6.07, 6.45) is 0. The maximum absolute atomic E-state index is 5.08. The van der Waals surface area contributed by atoms with E-state index in [4.69, 9.17) is 9.98 Å². The summed E-state index contributed by atoms with van der Waals surface area (Å²) >= 11 is 3.73. The van der Waals surface area contributed by atoms with Gasteiger partial charge in [-0.1, -0.05) is 103 Å². The second kappa shape index (κ2) is 11.3. The van der Waals surface area contributed by atoms with Crippen LogP contribution in [0.4, 0.5) is 0 Å². The van der Waals surface area contributed by atoms with Crippen LogP contribution in [0.3, 0.4) is 0 Å². The van der Waals surface area contributed by atoms with Gasteiger partial charge in [-0.2, -0.15) is 0 Å². The number of nitrogens with zero attached hydrogens (tertiary/aromatic N) is 2. The molecule has 0 amide bonds. The smallest absolute Gasteiger partial charge is 0.0984 e. The lowest BCUT2D eigenvalue weighted by Crippen LogP contribution is -2.15. The van der Waals surface area contributed by atoms with Crippen LogP contribution in [0.5, 0.6) is 0 Å². The predicted molar refractivity (Wildman–Crippen MR) is 204 cm³/mol. The zero-order valence-corrected chi connectivity index (χ0v) is 28.3. The highest BCUT2D eigenvalue weighted by atomic mass is 32.2. The molecule has 226 valence electrons. The topological polar surface area (TPSA) is 24.7 Å². The summed E-state index contributed by atoms with van der Waals surface area (Å²) in [7, 11) is 0. The molecular formula is C42H36N2S2. The van der Waals surface area contributed by atoms with Crippen molar-refractivity contribution in [3.05, 3.63) is 132 Å². The van der Waals surface area contributed by atoms with E-state index in [9.17, 15) is 0 Å². The first kappa shape index (κ1) is 29.3. The van der Waals surface area contributed by atoms with Crippen LogP contribution >= 0.6 is 23.5 Å². The molecule has 2 aliphatic heterocycles. The Morgan fingerprint density at radius 1 is 0.413 bits per heavy atom.